The molecule has 0 amide bonds. The van der Waals surface area contributed by atoms with Crippen LogP contribution in [0.2, 0.25) is 0 Å². The SMILES string of the molecule is CC.CNCC(C)OCCOC. The summed E-state index contributed by atoms with van der Waals surface area (Å²) in [5, 5.41) is 3.03. The molecule has 3 heteroatoms. The molecular weight excluding hydrogens is 154 g/mol. The maximum Gasteiger partial charge on any atom is 0.0704 e. The number of nitrogens with one attached hydrogen (secondary N) is 1. The first kappa shape index (κ1) is 14.4. The lowest BCUT2D eigenvalue weighted by Gasteiger charge is -2.11. The first-order valence-corrected chi connectivity index (χ1v) is 4.56. The van der Waals surface area contributed by atoms with E-state index in [0.717, 1.165) is 6.54 Å². The van der Waals surface area contributed by atoms with Crippen LogP contribution in [0, 0.1) is 0 Å². The third kappa shape index (κ3) is 12.5. The average Bonchev–Trinajstić information content (AvgIpc) is 2.09. The Hall–Kier alpha value is -0.120. The second-order valence-corrected chi connectivity index (χ2v) is 2.23. The van der Waals surface area contributed by atoms with E-state index < -0.39 is 0 Å². The van der Waals surface area contributed by atoms with E-state index in [9.17, 15) is 0 Å². The molecule has 1 atom stereocenters. The maximum atomic E-state index is 5.34. The predicted molar refractivity (Wildman–Crippen MR) is 52.6 cm³/mol. The Bertz CT molecular complexity index is 69.5. The monoisotopic (exact) mass is 177 g/mol. The zero-order valence-electron chi connectivity index (χ0n) is 9.02. The Morgan fingerprint density at radius 3 is 2.25 bits per heavy atom. The molecule has 0 rings (SSSR count). The normalized spacial score (nSPS) is 11.8. The minimum absolute atomic E-state index is 0.278. The molecule has 0 aromatic rings. The van der Waals surface area contributed by atoms with Crippen molar-refractivity contribution in [3.05, 3.63) is 0 Å². The highest BCUT2D eigenvalue weighted by Crippen LogP contribution is 1.86. The molecule has 0 radical (unpaired) electrons. The van der Waals surface area contributed by atoms with Crippen LogP contribution in [0.3, 0.4) is 0 Å². The lowest BCUT2D eigenvalue weighted by molar-refractivity contribution is 0.0276. The van der Waals surface area contributed by atoms with Crippen molar-refractivity contribution < 1.29 is 9.47 Å². The van der Waals surface area contributed by atoms with Crippen LogP contribution >= 0.6 is 0 Å². The Balaban J connectivity index is 0. The summed E-state index contributed by atoms with van der Waals surface area (Å²) in [6.45, 7) is 8.28. The highest BCUT2D eigenvalue weighted by Gasteiger charge is 1.97. The van der Waals surface area contributed by atoms with Gasteiger partial charge in [0.25, 0.3) is 0 Å². The Kier molecular flexibility index (Phi) is 16.2. The van der Waals surface area contributed by atoms with Crippen molar-refractivity contribution in [2.45, 2.75) is 26.9 Å². The Morgan fingerprint density at radius 1 is 1.25 bits per heavy atom. The number of methoxy groups -OCH3 is 1. The van der Waals surface area contributed by atoms with E-state index in [1.165, 1.54) is 0 Å². The third-order valence-electron chi connectivity index (χ3n) is 1.18. The minimum Gasteiger partial charge on any atom is -0.382 e. The van der Waals surface area contributed by atoms with Gasteiger partial charge in [0, 0.05) is 13.7 Å². The van der Waals surface area contributed by atoms with Crippen LogP contribution in [-0.2, 0) is 9.47 Å². The lowest BCUT2D eigenvalue weighted by atomic mass is 10.4. The fourth-order valence-electron chi connectivity index (χ4n) is 0.679. The number of likely N-dealkylation sites (N-methyl/N-ethyl adjacent to an activating group) is 1. The van der Waals surface area contributed by atoms with E-state index >= 15 is 0 Å². The quantitative estimate of drug-likeness (QED) is 0.620. The second kappa shape index (κ2) is 13.5. The summed E-state index contributed by atoms with van der Waals surface area (Å²) < 4.78 is 10.2. The van der Waals surface area contributed by atoms with Gasteiger partial charge in [0.05, 0.1) is 19.3 Å². The van der Waals surface area contributed by atoms with Gasteiger partial charge in [0.15, 0.2) is 0 Å². The summed E-state index contributed by atoms with van der Waals surface area (Å²) in [6.07, 6.45) is 0.278. The zero-order chi connectivity index (χ0) is 9.82. The molecule has 0 bridgehead atoms. The minimum atomic E-state index is 0.278. The molecule has 0 aliphatic rings. The first-order valence-electron chi connectivity index (χ1n) is 4.56. The van der Waals surface area contributed by atoms with E-state index in [4.69, 9.17) is 9.47 Å². The van der Waals surface area contributed by atoms with Crippen molar-refractivity contribution >= 4 is 0 Å². The molecule has 0 fully saturated rings. The van der Waals surface area contributed by atoms with E-state index in [2.05, 4.69) is 5.32 Å². The van der Waals surface area contributed by atoms with Crippen molar-refractivity contribution in [3.8, 4) is 0 Å². The van der Waals surface area contributed by atoms with Gasteiger partial charge in [-0.15, -0.1) is 0 Å². The zero-order valence-corrected chi connectivity index (χ0v) is 9.02. The molecule has 0 aliphatic heterocycles. The maximum absolute atomic E-state index is 5.34. The highest BCUT2D eigenvalue weighted by molar-refractivity contribution is 4.50. The van der Waals surface area contributed by atoms with Crippen LogP contribution in [-0.4, -0.2) is 40.0 Å². The van der Waals surface area contributed by atoms with Gasteiger partial charge in [-0.1, -0.05) is 13.8 Å². The fourth-order valence-corrected chi connectivity index (χ4v) is 0.679. The predicted octanol–water partition coefficient (Wildman–Crippen LogP) is 1.28. The van der Waals surface area contributed by atoms with Gasteiger partial charge < -0.3 is 14.8 Å². The largest absolute Gasteiger partial charge is 0.382 e. The molecule has 0 spiro atoms. The average molecular weight is 177 g/mol. The molecule has 3 nitrogen and oxygen atoms in total. The molecule has 12 heavy (non-hydrogen) atoms. The third-order valence-corrected chi connectivity index (χ3v) is 1.18. The number of ether oxygens (including phenoxy) is 2. The number of hydrogen-bond donors (Lipinski definition) is 1. The van der Waals surface area contributed by atoms with Gasteiger partial charge in [0.1, 0.15) is 0 Å². The van der Waals surface area contributed by atoms with Crippen molar-refractivity contribution in [1.82, 2.24) is 5.32 Å². The topological polar surface area (TPSA) is 30.5 Å². The van der Waals surface area contributed by atoms with Crippen molar-refractivity contribution in [3.63, 3.8) is 0 Å². The highest BCUT2D eigenvalue weighted by atomic mass is 16.5. The molecule has 1 N–H and O–H groups in total. The summed E-state index contributed by atoms with van der Waals surface area (Å²) in [5.41, 5.74) is 0. The first-order chi connectivity index (χ1) is 5.81. The summed E-state index contributed by atoms with van der Waals surface area (Å²) in [7, 11) is 3.59. The molecule has 0 aliphatic carbocycles. The molecule has 0 heterocycles. The van der Waals surface area contributed by atoms with Crippen LogP contribution in [0.1, 0.15) is 20.8 Å². The van der Waals surface area contributed by atoms with E-state index in [1.807, 2.05) is 27.8 Å². The van der Waals surface area contributed by atoms with Gasteiger partial charge in [0.2, 0.25) is 0 Å². The molecule has 76 valence electrons. The summed E-state index contributed by atoms with van der Waals surface area (Å²) in [5.74, 6) is 0. The smallest absolute Gasteiger partial charge is 0.0704 e. The summed E-state index contributed by atoms with van der Waals surface area (Å²) in [4.78, 5) is 0. The standard InChI is InChI=1S/C7H17NO2.C2H6/c1-7(6-8-2)10-5-4-9-3;1-2/h7-8H,4-6H2,1-3H3;1-2H3. The van der Waals surface area contributed by atoms with Gasteiger partial charge in [-0.2, -0.15) is 0 Å². The lowest BCUT2D eigenvalue weighted by Crippen LogP contribution is -2.24. The van der Waals surface area contributed by atoms with Gasteiger partial charge >= 0.3 is 0 Å². The van der Waals surface area contributed by atoms with Crippen LogP contribution in [0.4, 0.5) is 0 Å². The van der Waals surface area contributed by atoms with Gasteiger partial charge in [-0.3, -0.25) is 0 Å². The van der Waals surface area contributed by atoms with Crippen molar-refractivity contribution in [1.29, 1.82) is 0 Å². The van der Waals surface area contributed by atoms with Gasteiger partial charge in [-0.05, 0) is 14.0 Å². The van der Waals surface area contributed by atoms with Crippen LogP contribution in [0.15, 0.2) is 0 Å². The molecule has 0 saturated heterocycles. The molecule has 0 aromatic carbocycles. The Labute approximate surface area is 76.4 Å². The van der Waals surface area contributed by atoms with E-state index in [0.29, 0.717) is 13.2 Å². The second-order valence-electron chi connectivity index (χ2n) is 2.23. The summed E-state index contributed by atoms with van der Waals surface area (Å²) in [6, 6.07) is 0. The van der Waals surface area contributed by atoms with Crippen LogP contribution in [0.25, 0.3) is 0 Å². The molecule has 0 aromatic heterocycles. The van der Waals surface area contributed by atoms with Crippen molar-refractivity contribution in [2.24, 2.45) is 0 Å². The Morgan fingerprint density at radius 2 is 1.83 bits per heavy atom. The molecular formula is C9H23NO2. The van der Waals surface area contributed by atoms with E-state index in [1.54, 1.807) is 7.11 Å². The molecule has 0 saturated carbocycles. The van der Waals surface area contributed by atoms with E-state index in [-0.39, 0.29) is 6.10 Å². The van der Waals surface area contributed by atoms with Crippen LogP contribution < -0.4 is 5.32 Å². The fraction of sp³-hybridized carbons (Fsp3) is 1.00. The van der Waals surface area contributed by atoms with Gasteiger partial charge in [-0.25, -0.2) is 0 Å². The van der Waals surface area contributed by atoms with Crippen LogP contribution in [0.5, 0.6) is 0 Å². The number of hydrogen-bond acceptors (Lipinski definition) is 3. The number of rotatable bonds is 6. The van der Waals surface area contributed by atoms with Crippen molar-refractivity contribution in [2.75, 3.05) is 33.9 Å². The summed E-state index contributed by atoms with van der Waals surface area (Å²) >= 11 is 0. The molecule has 1 unspecified atom stereocenters.